The van der Waals surface area contributed by atoms with Crippen LogP contribution in [0, 0.1) is 5.92 Å². The summed E-state index contributed by atoms with van der Waals surface area (Å²) in [7, 11) is -1.63. The molecule has 0 radical (unpaired) electrons. The van der Waals surface area contributed by atoms with Gasteiger partial charge >= 0.3 is 7.12 Å². The molecule has 1 saturated heterocycles. The van der Waals surface area contributed by atoms with Gasteiger partial charge < -0.3 is 26.0 Å². The van der Waals surface area contributed by atoms with Crippen molar-refractivity contribution >= 4 is 18.9 Å². The van der Waals surface area contributed by atoms with E-state index >= 15 is 0 Å². The van der Waals surface area contributed by atoms with Crippen LogP contribution in [0.15, 0.2) is 0 Å². The normalized spacial score (nSPS) is 21.8. The molecule has 0 aromatic carbocycles. The first-order chi connectivity index (χ1) is 9.25. The van der Waals surface area contributed by atoms with Gasteiger partial charge in [-0.2, -0.15) is 0 Å². The van der Waals surface area contributed by atoms with E-state index in [-0.39, 0.29) is 17.7 Å². The van der Waals surface area contributed by atoms with E-state index in [2.05, 4.69) is 5.32 Å². The summed E-state index contributed by atoms with van der Waals surface area (Å²) in [5.74, 6) is -1.50. The SMILES string of the molecule is CC(N)C(=O)N1CCCC1C(=O)NC(B(O)O)C(C)C. The minimum Gasteiger partial charge on any atom is -0.426 e. The highest BCUT2D eigenvalue weighted by atomic mass is 16.4. The lowest BCUT2D eigenvalue weighted by Crippen LogP contribution is -2.56. The molecule has 3 unspecified atom stereocenters. The molecule has 1 rings (SSSR count). The maximum atomic E-state index is 12.2. The fourth-order valence-corrected chi connectivity index (χ4v) is 2.41. The fraction of sp³-hybridized carbons (Fsp3) is 0.833. The molecule has 5 N–H and O–H groups in total. The molecule has 7 nitrogen and oxygen atoms in total. The summed E-state index contributed by atoms with van der Waals surface area (Å²) in [5.41, 5.74) is 5.57. The lowest BCUT2D eigenvalue weighted by Gasteiger charge is -2.28. The molecule has 0 bridgehead atoms. The minimum absolute atomic E-state index is 0.127. The van der Waals surface area contributed by atoms with Crippen molar-refractivity contribution in [3.8, 4) is 0 Å². The van der Waals surface area contributed by atoms with Gasteiger partial charge in [0.25, 0.3) is 0 Å². The van der Waals surface area contributed by atoms with Crippen molar-refractivity contribution in [3.05, 3.63) is 0 Å². The molecular formula is C12H24BN3O4. The third-order valence-electron chi connectivity index (χ3n) is 3.58. The van der Waals surface area contributed by atoms with E-state index in [9.17, 15) is 19.6 Å². The van der Waals surface area contributed by atoms with Crippen LogP contribution in [0.25, 0.3) is 0 Å². The third-order valence-corrected chi connectivity index (χ3v) is 3.58. The van der Waals surface area contributed by atoms with Crippen molar-refractivity contribution in [1.82, 2.24) is 10.2 Å². The van der Waals surface area contributed by atoms with Crippen LogP contribution in [-0.2, 0) is 9.59 Å². The standard InChI is InChI=1S/C12H24BN3O4/c1-7(2)10(13(19)20)15-11(17)9-5-4-6-16(9)12(18)8(3)14/h7-10,19-20H,4-6,14H2,1-3H3,(H,15,17). The zero-order valence-electron chi connectivity index (χ0n) is 12.2. The molecule has 114 valence electrons. The van der Waals surface area contributed by atoms with Gasteiger partial charge in [0.15, 0.2) is 0 Å². The van der Waals surface area contributed by atoms with Crippen LogP contribution < -0.4 is 11.1 Å². The Morgan fingerprint density at radius 3 is 2.40 bits per heavy atom. The molecule has 2 amide bonds. The molecular weight excluding hydrogens is 261 g/mol. The number of nitrogens with two attached hydrogens (primary N) is 1. The summed E-state index contributed by atoms with van der Waals surface area (Å²) in [6.45, 7) is 5.66. The van der Waals surface area contributed by atoms with Crippen LogP contribution in [0.1, 0.15) is 33.6 Å². The molecule has 0 aromatic heterocycles. The van der Waals surface area contributed by atoms with Crippen LogP contribution in [0.2, 0.25) is 0 Å². The molecule has 1 heterocycles. The molecule has 1 fully saturated rings. The van der Waals surface area contributed by atoms with Crippen molar-refractivity contribution in [3.63, 3.8) is 0 Å². The van der Waals surface area contributed by atoms with Gasteiger partial charge in [0.2, 0.25) is 11.8 Å². The minimum atomic E-state index is -1.63. The Morgan fingerprint density at radius 1 is 1.35 bits per heavy atom. The van der Waals surface area contributed by atoms with E-state index in [4.69, 9.17) is 5.73 Å². The van der Waals surface area contributed by atoms with E-state index < -0.39 is 25.1 Å². The molecule has 0 aromatic rings. The molecule has 20 heavy (non-hydrogen) atoms. The summed E-state index contributed by atoms with van der Waals surface area (Å²) in [6.07, 6.45) is 1.31. The first kappa shape index (κ1) is 16.9. The monoisotopic (exact) mass is 285 g/mol. The van der Waals surface area contributed by atoms with Crippen molar-refractivity contribution in [2.24, 2.45) is 11.7 Å². The number of amides is 2. The van der Waals surface area contributed by atoms with E-state index in [0.29, 0.717) is 13.0 Å². The Hall–Kier alpha value is -1.12. The summed E-state index contributed by atoms with van der Waals surface area (Å²) in [4.78, 5) is 25.6. The van der Waals surface area contributed by atoms with Crippen molar-refractivity contribution in [2.75, 3.05) is 6.54 Å². The summed E-state index contributed by atoms with van der Waals surface area (Å²) in [5, 5.41) is 21.2. The number of nitrogens with one attached hydrogen (secondary N) is 1. The maximum Gasteiger partial charge on any atom is 0.475 e. The molecule has 0 aliphatic carbocycles. The fourth-order valence-electron chi connectivity index (χ4n) is 2.41. The molecule has 1 aliphatic rings. The van der Waals surface area contributed by atoms with E-state index in [1.807, 2.05) is 0 Å². The zero-order valence-corrected chi connectivity index (χ0v) is 12.2. The number of carbonyl (C=O) groups excluding carboxylic acids is 2. The molecule has 0 spiro atoms. The number of nitrogens with zero attached hydrogens (tertiary/aromatic N) is 1. The lowest BCUT2D eigenvalue weighted by molar-refractivity contribution is -0.139. The van der Waals surface area contributed by atoms with Crippen LogP contribution in [0.4, 0.5) is 0 Å². The highest BCUT2D eigenvalue weighted by molar-refractivity contribution is 6.43. The van der Waals surface area contributed by atoms with Crippen LogP contribution >= 0.6 is 0 Å². The van der Waals surface area contributed by atoms with Crippen molar-refractivity contribution < 1.29 is 19.6 Å². The zero-order chi connectivity index (χ0) is 15.4. The maximum absolute atomic E-state index is 12.2. The number of hydrogen-bond acceptors (Lipinski definition) is 5. The van der Waals surface area contributed by atoms with Crippen LogP contribution in [0.3, 0.4) is 0 Å². The number of carbonyl (C=O) groups is 2. The largest absolute Gasteiger partial charge is 0.475 e. The average Bonchev–Trinajstić information content (AvgIpc) is 2.82. The summed E-state index contributed by atoms with van der Waals surface area (Å²) >= 11 is 0. The Morgan fingerprint density at radius 2 is 1.95 bits per heavy atom. The highest BCUT2D eigenvalue weighted by Gasteiger charge is 2.37. The number of likely N-dealkylation sites (tertiary alicyclic amines) is 1. The van der Waals surface area contributed by atoms with E-state index in [1.165, 1.54) is 4.90 Å². The van der Waals surface area contributed by atoms with E-state index in [0.717, 1.165) is 6.42 Å². The van der Waals surface area contributed by atoms with Gasteiger partial charge in [0.1, 0.15) is 6.04 Å². The first-order valence-corrected chi connectivity index (χ1v) is 6.98. The average molecular weight is 285 g/mol. The van der Waals surface area contributed by atoms with E-state index in [1.54, 1.807) is 20.8 Å². The third kappa shape index (κ3) is 3.94. The molecule has 0 saturated carbocycles. The van der Waals surface area contributed by atoms with Gasteiger partial charge in [-0.1, -0.05) is 13.8 Å². The van der Waals surface area contributed by atoms with Gasteiger partial charge in [-0.3, -0.25) is 9.59 Å². The van der Waals surface area contributed by atoms with Gasteiger partial charge in [0.05, 0.1) is 12.0 Å². The summed E-state index contributed by atoms with van der Waals surface area (Å²) in [6, 6.07) is -1.22. The molecule has 8 heteroatoms. The van der Waals surface area contributed by atoms with Gasteiger partial charge in [-0.05, 0) is 25.7 Å². The summed E-state index contributed by atoms with van der Waals surface area (Å²) < 4.78 is 0. The predicted octanol–water partition coefficient (Wildman–Crippen LogP) is -1.52. The molecule has 3 atom stereocenters. The van der Waals surface area contributed by atoms with Gasteiger partial charge in [0, 0.05) is 6.54 Å². The number of rotatable bonds is 5. The Kier molecular flexibility index (Phi) is 5.97. The lowest BCUT2D eigenvalue weighted by atomic mass is 9.73. The van der Waals surface area contributed by atoms with Crippen molar-refractivity contribution in [1.29, 1.82) is 0 Å². The quantitative estimate of drug-likeness (QED) is 0.458. The topological polar surface area (TPSA) is 116 Å². The Labute approximate surface area is 119 Å². The Bertz CT molecular complexity index is 355. The van der Waals surface area contributed by atoms with Crippen LogP contribution in [-0.4, -0.2) is 58.5 Å². The smallest absolute Gasteiger partial charge is 0.426 e. The number of hydrogen-bond donors (Lipinski definition) is 4. The second-order valence-electron chi connectivity index (χ2n) is 5.67. The molecule has 1 aliphatic heterocycles. The van der Waals surface area contributed by atoms with Gasteiger partial charge in [-0.25, -0.2) is 0 Å². The van der Waals surface area contributed by atoms with Crippen LogP contribution in [0.5, 0.6) is 0 Å². The van der Waals surface area contributed by atoms with Crippen molar-refractivity contribution in [2.45, 2.75) is 51.6 Å². The Balaban J connectivity index is 2.73. The predicted molar refractivity (Wildman–Crippen MR) is 75.3 cm³/mol. The van der Waals surface area contributed by atoms with Gasteiger partial charge in [-0.15, -0.1) is 0 Å². The highest BCUT2D eigenvalue weighted by Crippen LogP contribution is 2.19. The second kappa shape index (κ2) is 7.05. The second-order valence-corrected chi connectivity index (χ2v) is 5.67. The first-order valence-electron chi connectivity index (χ1n) is 6.98.